The highest BCUT2D eigenvalue weighted by Gasteiger charge is 2.11. The molecule has 1 heterocycles. The molecule has 0 unspecified atom stereocenters. The molecule has 0 fully saturated rings. The Bertz CT molecular complexity index is 647. The second kappa shape index (κ2) is 5.59. The Hall–Kier alpha value is -1.59. The highest BCUT2D eigenvalue weighted by Crippen LogP contribution is 2.30. The van der Waals surface area contributed by atoms with Gasteiger partial charge in [0.15, 0.2) is 0 Å². The fraction of sp³-hybridized carbons (Fsp3) is 0.154. The molecule has 2 rings (SSSR count). The molecule has 4 nitrogen and oxygen atoms in total. The summed E-state index contributed by atoms with van der Waals surface area (Å²) in [5.41, 5.74) is 1.72. The summed E-state index contributed by atoms with van der Waals surface area (Å²) in [6.45, 7) is 3.73. The minimum atomic E-state index is -1.04. The Morgan fingerprint density at radius 3 is 2.79 bits per heavy atom. The lowest BCUT2D eigenvalue weighted by atomic mass is 10.2. The van der Waals surface area contributed by atoms with Crippen LogP contribution in [0.5, 0.6) is 0 Å². The summed E-state index contributed by atoms with van der Waals surface area (Å²) in [7, 11) is 0. The van der Waals surface area contributed by atoms with E-state index in [0.29, 0.717) is 0 Å². The van der Waals surface area contributed by atoms with Gasteiger partial charge in [-0.05, 0) is 32.0 Å². The molecule has 0 saturated heterocycles. The van der Waals surface area contributed by atoms with Crippen LogP contribution in [0.25, 0.3) is 0 Å². The van der Waals surface area contributed by atoms with Crippen LogP contribution in [0.3, 0.4) is 0 Å². The molecule has 0 radical (unpaired) electrons. The number of hydrogen-bond donors (Lipinski definition) is 1. The molecule has 19 heavy (non-hydrogen) atoms. The SMILES string of the molecule is Cc1cnc(C)c(Sc2ccc(Cl)c(C(=O)O)c2)n1. The topological polar surface area (TPSA) is 63.1 Å². The molecular weight excluding hydrogens is 284 g/mol. The van der Waals surface area contributed by atoms with Crippen LogP contribution in [0, 0.1) is 13.8 Å². The first-order valence-corrected chi connectivity index (χ1v) is 6.68. The highest BCUT2D eigenvalue weighted by atomic mass is 35.5. The van der Waals surface area contributed by atoms with Gasteiger partial charge in [-0.15, -0.1) is 0 Å². The lowest BCUT2D eigenvalue weighted by Crippen LogP contribution is -1.98. The molecule has 1 aromatic heterocycles. The second-order valence-electron chi connectivity index (χ2n) is 3.95. The maximum absolute atomic E-state index is 11.0. The Labute approximate surface area is 119 Å². The number of hydrogen-bond acceptors (Lipinski definition) is 4. The number of aromatic carboxylic acids is 1. The number of carbonyl (C=O) groups is 1. The van der Waals surface area contributed by atoms with Crippen molar-refractivity contribution in [2.45, 2.75) is 23.8 Å². The summed E-state index contributed by atoms with van der Waals surface area (Å²) in [6, 6.07) is 4.88. The van der Waals surface area contributed by atoms with Gasteiger partial charge in [0.05, 0.1) is 22.0 Å². The normalized spacial score (nSPS) is 10.5. The second-order valence-corrected chi connectivity index (χ2v) is 5.42. The molecule has 2 aromatic rings. The van der Waals surface area contributed by atoms with E-state index in [1.165, 1.54) is 11.8 Å². The van der Waals surface area contributed by atoms with Gasteiger partial charge < -0.3 is 5.11 Å². The predicted molar refractivity (Wildman–Crippen MR) is 74.0 cm³/mol. The third-order valence-corrected chi connectivity index (χ3v) is 3.81. The van der Waals surface area contributed by atoms with Gasteiger partial charge >= 0.3 is 5.97 Å². The van der Waals surface area contributed by atoms with Crippen molar-refractivity contribution in [3.05, 3.63) is 46.4 Å². The average molecular weight is 295 g/mol. The third-order valence-electron chi connectivity index (χ3n) is 2.42. The number of rotatable bonds is 3. The molecule has 98 valence electrons. The quantitative estimate of drug-likeness (QED) is 0.937. The van der Waals surface area contributed by atoms with Gasteiger partial charge in [0.25, 0.3) is 0 Å². The Morgan fingerprint density at radius 2 is 2.11 bits per heavy atom. The Balaban J connectivity index is 2.36. The molecule has 0 aliphatic heterocycles. The van der Waals surface area contributed by atoms with Crippen LogP contribution in [0.15, 0.2) is 34.3 Å². The first kappa shape index (κ1) is 13.8. The molecule has 1 aromatic carbocycles. The number of halogens is 1. The van der Waals surface area contributed by atoms with Crippen molar-refractivity contribution in [2.24, 2.45) is 0 Å². The summed E-state index contributed by atoms with van der Waals surface area (Å²) < 4.78 is 0. The molecule has 6 heteroatoms. The highest BCUT2D eigenvalue weighted by molar-refractivity contribution is 7.99. The van der Waals surface area contributed by atoms with Crippen LogP contribution >= 0.6 is 23.4 Å². The molecule has 0 aliphatic carbocycles. The van der Waals surface area contributed by atoms with E-state index in [4.69, 9.17) is 16.7 Å². The van der Waals surface area contributed by atoms with E-state index in [-0.39, 0.29) is 10.6 Å². The van der Waals surface area contributed by atoms with Crippen molar-refractivity contribution in [3.8, 4) is 0 Å². The Morgan fingerprint density at radius 1 is 1.37 bits per heavy atom. The first-order valence-electron chi connectivity index (χ1n) is 5.48. The maximum atomic E-state index is 11.0. The number of aryl methyl sites for hydroxylation is 2. The number of carboxylic acids is 1. The van der Waals surface area contributed by atoms with Gasteiger partial charge in [0, 0.05) is 11.1 Å². The van der Waals surface area contributed by atoms with E-state index in [1.807, 2.05) is 13.8 Å². The van der Waals surface area contributed by atoms with E-state index >= 15 is 0 Å². The number of nitrogens with zero attached hydrogens (tertiary/aromatic N) is 2. The van der Waals surface area contributed by atoms with Crippen molar-refractivity contribution in [3.63, 3.8) is 0 Å². The zero-order valence-electron chi connectivity index (χ0n) is 10.3. The number of carboxylic acid groups (broad SMARTS) is 1. The van der Waals surface area contributed by atoms with E-state index in [9.17, 15) is 4.79 Å². The van der Waals surface area contributed by atoms with Crippen LogP contribution in [0.1, 0.15) is 21.7 Å². The van der Waals surface area contributed by atoms with Gasteiger partial charge in [-0.1, -0.05) is 23.4 Å². The largest absolute Gasteiger partial charge is 0.478 e. The molecule has 0 atom stereocenters. The standard InChI is InChI=1S/C13H11ClN2O2S/c1-7-6-15-8(2)12(16-7)19-9-3-4-11(14)10(5-9)13(17)18/h3-6H,1-2H3,(H,17,18). The summed E-state index contributed by atoms with van der Waals surface area (Å²) in [6.07, 6.45) is 1.70. The maximum Gasteiger partial charge on any atom is 0.337 e. The van der Waals surface area contributed by atoms with E-state index in [0.717, 1.165) is 21.3 Å². The van der Waals surface area contributed by atoms with Gasteiger partial charge in [0.2, 0.25) is 0 Å². The van der Waals surface area contributed by atoms with Crippen LogP contribution < -0.4 is 0 Å². The summed E-state index contributed by atoms with van der Waals surface area (Å²) >= 11 is 7.21. The predicted octanol–water partition coefficient (Wildman–Crippen LogP) is 3.60. The molecule has 0 spiro atoms. The van der Waals surface area contributed by atoms with Crippen LogP contribution in [0.4, 0.5) is 0 Å². The minimum absolute atomic E-state index is 0.0879. The van der Waals surface area contributed by atoms with E-state index in [1.54, 1.807) is 24.4 Å². The fourth-order valence-electron chi connectivity index (χ4n) is 1.46. The zero-order chi connectivity index (χ0) is 14.0. The van der Waals surface area contributed by atoms with E-state index in [2.05, 4.69) is 9.97 Å². The van der Waals surface area contributed by atoms with Crippen LogP contribution in [0.2, 0.25) is 5.02 Å². The molecular formula is C13H11ClN2O2S. The van der Waals surface area contributed by atoms with Crippen molar-refractivity contribution >= 4 is 29.3 Å². The fourth-order valence-corrected chi connectivity index (χ4v) is 2.58. The molecule has 0 aliphatic rings. The zero-order valence-corrected chi connectivity index (χ0v) is 11.9. The molecule has 1 N–H and O–H groups in total. The first-order chi connectivity index (χ1) is 8.97. The monoisotopic (exact) mass is 294 g/mol. The molecule has 0 bridgehead atoms. The smallest absolute Gasteiger partial charge is 0.337 e. The number of aromatic nitrogens is 2. The third kappa shape index (κ3) is 3.24. The summed E-state index contributed by atoms with van der Waals surface area (Å²) in [5, 5.41) is 10.0. The van der Waals surface area contributed by atoms with Crippen LogP contribution in [-0.4, -0.2) is 21.0 Å². The van der Waals surface area contributed by atoms with Crippen molar-refractivity contribution in [1.82, 2.24) is 9.97 Å². The molecule has 0 amide bonds. The van der Waals surface area contributed by atoms with E-state index < -0.39 is 5.97 Å². The van der Waals surface area contributed by atoms with Gasteiger partial charge in [-0.3, -0.25) is 4.98 Å². The van der Waals surface area contributed by atoms with Crippen molar-refractivity contribution in [2.75, 3.05) is 0 Å². The lowest BCUT2D eigenvalue weighted by molar-refractivity contribution is 0.0697. The van der Waals surface area contributed by atoms with Crippen LogP contribution in [-0.2, 0) is 0 Å². The molecule has 0 saturated carbocycles. The summed E-state index contributed by atoms with van der Waals surface area (Å²) in [5.74, 6) is -1.04. The van der Waals surface area contributed by atoms with Gasteiger partial charge in [-0.25, -0.2) is 9.78 Å². The Kier molecular flexibility index (Phi) is 4.07. The lowest BCUT2D eigenvalue weighted by Gasteiger charge is -2.06. The number of benzene rings is 1. The van der Waals surface area contributed by atoms with Crippen molar-refractivity contribution < 1.29 is 9.90 Å². The summed E-state index contributed by atoms with van der Waals surface area (Å²) in [4.78, 5) is 20.4. The average Bonchev–Trinajstić information content (AvgIpc) is 2.36. The van der Waals surface area contributed by atoms with Gasteiger partial charge in [0.1, 0.15) is 5.03 Å². The minimum Gasteiger partial charge on any atom is -0.478 e. The van der Waals surface area contributed by atoms with Crippen molar-refractivity contribution in [1.29, 1.82) is 0 Å². The van der Waals surface area contributed by atoms with Gasteiger partial charge in [-0.2, -0.15) is 0 Å².